The molecule has 0 bridgehead atoms. The van der Waals surface area contributed by atoms with Crippen LogP contribution in [0.3, 0.4) is 0 Å². The number of hydrogen-bond donors (Lipinski definition) is 1. The summed E-state index contributed by atoms with van der Waals surface area (Å²) in [6.45, 7) is 2.75. The second kappa shape index (κ2) is 6.17. The van der Waals surface area contributed by atoms with E-state index in [1.807, 2.05) is 23.5 Å². The number of thioether (sulfide) groups is 2. The molecule has 16 heavy (non-hydrogen) atoms. The van der Waals surface area contributed by atoms with E-state index >= 15 is 0 Å². The van der Waals surface area contributed by atoms with E-state index in [0.29, 0.717) is 5.54 Å². The largest absolute Gasteiger partial charge is 0.381 e. The average Bonchev–Trinajstić information content (AvgIpc) is 2.69. The highest BCUT2D eigenvalue weighted by Gasteiger charge is 2.38. The van der Waals surface area contributed by atoms with E-state index in [2.05, 4.69) is 16.6 Å². The number of ether oxygens (including phenoxy) is 1. The molecule has 0 unspecified atom stereocenters. The van der Waals surface area contributed by atoms with Crippen LogP contribution in [0.5, 0.6) is 0 Å². The lowest BCUT2D eigenvalue weighted by molar-refractivity contribution is 0.0555. The van der Waals surface area contributed by atoms with Crippen molar-refractivity contribution in [2.45, 2.75) is 24.8 Å². The van der Waals surface area contributed by atoms with Crippen molar-refractivity contribution in [3.05, 3.63) is 0 Å². The molecule has 2 aliphatic rings. The van der Waals surface area contributed by atoms with E-state index in [4.69, 9.17) is 4.74 Å². The van der Waals surface area contributed by atoms with Crippen molar-refractivity contribution >= 4 is 28.7 Å². The molecule has 0 atom stereocenters. The van der Waals surface area contributed by atoms with Gasteiger partial charge in [0.15, 0.2) is 5.17 Å². The van der Waals surface area contributed by atoms with Crippen molar-refractivity contribution < 1.29 is 4.74 Å². The van der Waals surface area contributed by atoms with E-state index in [9.17, 15) is 0 Å². The van der Waals surface area contributed by atoms with Gasteiger partial charge < -0.3 is 10.1 Å². The Kier molecular flexibility index (Phi) is 4.85. The Hall–Kier alpha value is 0.130. The van der Waals surface area contributed by atoms with Crippen LogP contribution in [0.2, 0.25) is 0 Å². The minimum Gasteiger partial charge on any atom is -0.381 e. The van der Waals surface area contributed by atoms with Gasteiger partial charge in [0.25, 0.3) is 0 Å². The molecule has 2 fully saturated rings. The molecule has 0 aromatic rings. The van der Waals surface area contributed by atoms with E-state index < -0.39 is 0 Å². The molecule has 2 heterocycles. The molecule has 0 aromatic heterocycles. The molecule has 0 amide bonds. The van der Waals surface area contributed by atoms with E-state index in [-0.39, 0.29) is 0 Å². The maximum atomic E-state index is 5.41. The van der Waals surface area contributed by atoms with E-state index in [0.717, 1.165) is 43.5 Å². The number of nitrogens with zero attached hydrogens (tertiary/aromatic N) is 1. The molecule has 2 aliphatic heterocycles. The Bertz CT molecular complexity index is 252. The molecule has 5 heteroatoms. The standard InChI is InChI=1S/C11H20N2OS2/c1-15-8-2-5-12-10-13-11(9-16-10)3-6-14-7-4-11/h2-9H2,1H3,(H,12,13). The first-order valence-electron chi connectivity index (χ1n) is 5.87. The molecule has 2 rings (SSSR count). The van der Waals surface area contributed by atoms with Crippen LogP contribution in [0.4, 0.5) is 0 Å². The minimum atomic E-state index is 0.293. The highest BCUT2D eigenvalue weighted by Crippen LogP contribution is 2.31. The van der Waals surface area contributed by atoms with Gasteiger partial charge in [-0.15, -0.1) is 0 Å². The summed E-state index contributed by atoms with van der Waals surface area (Å²) in [4.78, 5) is 4.62. The highest BCUT2D eigenvalue weighted by atomic mass is 32.2. The fraction of sp³-hybridized carbons (Fsp3) is 0.909. The Morgan fingerprint density at radius 1 is 1.50 bits per heavy atom. The van der Waals surface area contributed by atoms with Gasteiger partial charge in [-0.2, -0.15) is 11.8 Å². The first kappa shape index (κ1) is 12.6. The van der Waals surface area contributed by atoms with Crippen molar-refractivity contribution in [2.75, 3.05) is 37.5 Å². The second-order valence-corrected chi connectivity index (χ2v) is 6.29. The third-order valence-electron chi connectivity index (χ3n) is 3.07. The van der Waals surface area contributed by atoms with Crippen LogP contribution < -0.4 is 5.32 Å². The fourth-order valence-electron chi connectivity index (χ4n) is 2.01. The van der Waals surface area contributed by atoms with Crippen LogP contribution in [-0.2, 0) is 4.74 Å². The summed E-state index contributed by atoms with van der Waals surface area (Å²) in [5.74, 6) is 2.37. The molecule has 0 aromatic carbocycles. The summed E-state index contributed by atoms with van der Waals surface area (Å²) >= 11 is 3.77. The summed E-state index contributed by atoms with van der Waals surface area (Å²) in [6.07, 6.45) is 5.59. The molecule has 2 saturated heterocycles. The average molecular weight is 260 g/mol. The number of rotatable bonds is 4. The van der Waals surface area contributed by atoms with Crippen LogP contribution in [0.15, 0.2) is 4.99 Å². The Morgan fingerprint density at radius 3 is 3.06 bits per heavy atom. The van der Waals surface area contributed by atoms with Gasteiger partial charge in [-0.25, -0.2) is 0 Å². The fourth-order valence-corrected chi connectivity index (χ4v) is 3.67. The van der Waals surface area contributed by atoms with Crippen LogP contribution in [0.1, 0.15) is 19.3 Å². The van der Waals surface area contributed by atoms with Crippen molar-refractivity contribution in [1.29, 1.82) is 0 Å². The zero-order valence-corrected chi connectivity index (χ0v) is 11.5. The minimum absolute atomic E-state index is 0.293. The molecule has 1 spiro atoms. The highest BCUT2D eigenvalue weighted by molar-refractivity contribution is 8.14. The lowest BCUT2D eigenvalue weighted by Crippen LogP contribution is -2.48. The number of amidine groups is 1. The van der Waals surface area contributed by atoms with Gasteiger partial charge in [0.1, 0.15) is 0 Å². The lowest BCUT2D eigenvalue weighted by Gasteiger charge is -2.32. The van der Waals surface area contributed by atoms with Crippen LogP contribution in [-0.4, -0.2) is 48.2 Å². The lowest BCUT2D eigenvalue weighted by atomic mass is 9.93. The van der Waals surface area contributed by atoms with Crippen LogP contribution in [0.25, 0.3) is 0 Å². The second-order valence-electron chi connectivity index (χ2n) is 4.34. The Labute approximate surface area is 106 Å². The third kappa shape index (κ3) is 3.31. The predicted molar refractivity (Wildman–Crippen MR) is 73.7 cm³/mol. The monoisotopic (exact) mass is 260 g/mol. The van der Waals surface area contributed by atoms with Gasteiger partial charge in [0, 0.05) is 25.5 Å². The Morgan fingerprint density at radius 2 is 2.31 bits per heavy atom. The van der Waals surface area contributed by atoms with Gasteiger partial charge in [0.2, 0.25) is 0 Å². The van der Waals surface area contributed by atoms with E-state index in [1.54, 1.807) is 0 Å². The van der Waals surface area contributed by atoms with Crippen LogP contribution >= 0.6 is 23.5 Å². The van der Waals surface area contributed by atoms with Gasteiger partial charge in [-0.3, -0.25) is 4.99 Å². The van der Waals surface area contributed by atoms with E-state index in [1.165, 1.54) is 12.2 Å². The summed E-state index contributed by atoms with van der Waals surface area (Å²) in [6, 6.07) is 0. The Balaban J connectivity index is 1.77. The van der Waals surface area contributed by atoms with Crippen molar-refractivity contribution in [2.24, 2.45) is 4.99 Å². The molecular weight excluding hydrogens is 240 g/mol. The molecule has 92 valence electrons. The normalized spacial score (nSPS) is 26.2. The van der Waals surface area contributed by atoms with Gasteiger partial charge in [-0.1, -0.05) is 11.8 Å². The van der Waals surface area contributed by atoms with Gasteiger partial charge in [-0.05, 0) is 31.3 Å². The molecule has 0 saturated carbocycles. The summed E-state index contributed by atoms with van der Waals surface area (Å²) in [5.41, 5.74) is 0.293. The van der Waals surface area contributed by atoms with Crippen molar-refractivity contribution in [3.8, 4) is 0 Å². The molecule has 0 aliphatic carbocycles. The smallest absolute Gasteiger partial charge is 0.157 e. The topological polar surface area (TPSA) is 33.6 Å². The van der Waals surface area contributed by atoms with Crippen LogP contribution in [0, 0.1) is 0 Å². The first-order valence-corrected chi connectivity index (χ1v) is 8.25. The third-order valence-corrected chi connectivity index (χ3v) is 4.97. The zero-order chi connectivity index (χ0) is 11.3. The number of hydrogen-bond acceptors (Lipinski definition) is 4. The number of aliphatic imine (C=N–C) groups is 1. The molecule has 0 radical (unpaired) electrons. The SMILES string of the molecule is CSCCCN=C1NC2(CCOCC2)CS1. The van der Waals surface area contributed by atoms with Crippen molar-refractivity contribution in [1.82, 2.24) is 5.32 Å². The summed E-state index contributed by atoms with van der Waals surface area (Å²) in [7, 11) is 0. The summed E-state index contributed by atoms with van der Waals surface area (Å²) in [5, 5.41) is 4.76. The zero-order valence-electron chi connectivity index (χ0n) is 9.83. The van der Waals surface area contributed by atoms with Gasteiger partial charge in [0.05, 0.1) is 5.54 Å². The predicted octanol–water partition coefficient (Wildman–Crippen LogP) is 1.98. The quantitative estimate of drug-likeness (QED) is 0.784. The van der Waals surface area contributed by atoms with Crippen molar-refractivity contribution in [3.63, 3.8) is 0 Å². The first-order chi connectivity index (χ1) is 7.85. The molecule has 1 N–H and O–H groups in total. The maximum Gasteiger partial charge on any atom is 0.157 e. The van der Waals surface area contributed by atoms with Gasteiger partial charge >= 0.3 is 0 Å². The molecule has 3 nitrogen and oxygen atoms in total. The summed E-state index contributed by atoms with van der Waals surface area (Å²) < 4.78 is 5.41. The molecular formula is C11H20N2OS2. The number of nitrogens with one attached hydrogen (secondary N) is 1. The maximum absolute atomic E-state index is 5.41.